The molecule has 1 heterocycles. The van der Waals surface area contributed by atoms with Crippen LogP contribution in [0.3, 0.4) is 0 Å². The van der Waals surface area contributed by atoms with Crippen LogP contribution >= 0.6 is 15.9 Å². The number of nitrogens with one attached hydrogen (secondary N) is 1. The molecular formula is C14H20BrFN2. The molecule has 1 aliphatic heterocycles. The number of piperazine rings is 1. The van der Waals surface area contributed by atoms with Crippen LogP contribution in [0.2, 0.25) is 0 Å². The lowest BCUT2D eigenvalue weighted by atomic mass is 9.97. The van der Waals surface area contributed by atoms with E-state index in [1.807, 2.05) is 6.07 Å². The van der Waals surface area contributed by atoms with Crippen molar-refractivity contribution in [3.8, 4) is 0 Å². The molecular weight excluding hydrogens is 295 g/mol. The van der Waals surface area contributed by atoms with E-state index in [0.29, 0.717) is 11.7 Å². The molecule has 0 saturated carbocycles. The van der Waals surface area contributed by atoms with E-state index in [0.717, 1.165) is 24.0 Å². The van der Waals surface area contributed by atoms with Crippen molar-refractivity contribution in [2.24, 2.45) is 0 Å². The summed E-state index contributed by atoms with van der Waals surface area (Å²) in [6.45, 7) is 8.17. The van der Waals surface area contributed by atoms with Gasteiger partial charge in [0.2, 0.25) is 0 Å². The molecule has 2 rings (SSSR count). The van der Waals surface area contributed by atoms with Crippen molar-refractivity contribution >= 4 is 21.6 Å². The van der Waals surface area contributed by atoms with Gasteiger partial charge in [-0.15, -0.1) is 0 Å². The number of hydrogen-bond acceptors (Lipinski definition) is 2. The number of halogens is 2. The molecule has 1 unspecified atom stereocenters. The highest BCUT2D eigenvalue weighted by Crippen LogP contribution is 2.29. The third-order valence-electron chi connectivity index (χ3n) is 3.51. The van der Waals surface area contributed by atoms with Crippen LogP contribution in [0.15, 0.2) is 22.7 Å². The maximum Gasteiger partial charge on any atom is 0.146 e. The first kappa shape index (κ1) is 13.8. The Morgan fingerprint density at radius 1 is 1.50 bits per heavy atom. The highest BCUT2D eigenvalue weighted by molar-refractivity contribution is 9.10. The predicted molar refractivity (Wildman–Crippen MR) is 77.6 cm³/mol. The van der Waals surface area contributed by atoms with E-state index in [-0.39, 0.29) is 11.4 Å². The third-order valence-corrected chi connectivity index (χ3v) is 4.00. The summed E-state index contributed by atoms with van der Waals surface area (Å²) in [6, 6.07) is 5.50. The van der Waals surface area contributed by atoms with Gasteiger partial charge < -0.3 is 10.2 Å². The minimum atomic E-state index is -0.144. The Morgan fingerprint density at radius 2 is 2.22 bits per heavy atom. The first-order valence-electron chi connectivity index (χ1n) is 6.39. The summed E-state index contributed by atoms with van der Waals surface area (Å²) < 4.78 is 15.0. The minimum absolute atomic E-state index is 0.0143. The quantitative estimate of drug-likeness (QED) is 0.898. The Morgan fingerprint density at radius 3 is 2.89 bits per heavy atom. The van der Waals surface area contributed by atoms with Crippen molar-refractivity contribution in [3.63, 3.8) is 0 Å². The second-order valence-electron chi connectivity index (χ2n) is 5.55. The van der Waals surface area contributed by atoms with Gasteiger partial charge in [0.05, 0.1) is 5.69 Å². The highest BCUT2D eigenvalue weighted by atomic mass is 79.9. The van der Waals surface area contributed by atoms with Gasteiger partial charge in [-0.1, -0.05) is 22.9 Å². The SMILES string of the molecule is CCC1CNC(C)(C)CN1c1cc(Br)ccc1F. The largest absolute Gasteiger partial charge is 0.363 e. The van der Waals surface area contributed by atoms with E-state index in [1.165, 1.54) is 6.07 Å². The van der Waals surface area contributed by atoms with Gasteiger partial charge in [-0.3, -0.25) is 0 Å². The highest BCUT2D eigenvalue weighted by Gasteiger charge is 2.32. The van der Waals surface area contributed by atoms with E-state index in [4.69, 9.17) is 0 Å². The molecule has 1 N–H and O–H groups in total. The molecule has 1 aliphatic rings. The van der Waals surface area contributed by atoms with Crippen LogP contribution in [0.4, 0.5) is 10.1 Å². The van der Waals surface area contributed by atoms with E-state index in [2.05, 4.69) is 46.9 Å². The van der Waals surface area contributed by atoms with Crippen LogP contribution in [0.1, 0.15) is 27.2 Å². The molecule has 18 heavy (non-hydrogen) atoms. The Kier molecular flexibility index (Phi) is 3.97. The van der Waals surface area contributed by atoms with E-state index >= 15 is 0 Å². The lowest BCUT2D eigenvalue weighted by molar-refractivity contribution is 0.304. The van der Waals surface area contributed by atoms with Gasteiger partial charge >= 0.3 is 0 Å². The summed E-state index contributed by atoms with van der Waals surface area (Å²) in [7, 11) is 0. The minimum Gasteiger partial charge on any atom is -0.363 e. The lowest BCUT2D eigenvalue weighted by Crippen LogP contribution is -2.61. The molecule has 100 valence electrons. The van der Waals surface area contributed by atoms with Gasteiger partial charge in [-0.2, -0.15) is 0 Å². The third kappa shape index (κ3) is 2.86. The van der Waals surface area contributed by atoms with Crippen LogP contribution in [0.5, 0.6) is 0 Å². The maximum absolute atomic E-state index is 14.0. The van der Waals surface area contributed by atoms with Gasteiger partial charge in [0.1, 0.15) is 5.82 Å². The van der Waals surface area contributed by atoms with Gasteiger partial charge in [0, 0.05) is 29.1 Å². The summed E-state index contributed by atoms with van der Waals surface area (Å²) in [5.41, 5.74) is 0.714. The zero-order valence-corrected chi connectivity index (χ0v) is 12.7. The van der Waals surface area contributed by atoms with Crippen molar-refractivity contribution in [3.05, 3.63) is 28.5 Å². The summed E-state index contributed by atoms with van der Waals surface area (Å²) in [4.78, 5) is 2.19. The number of hydrogen-bond donors (Lipinski definition) is 1. The monoisotopic (exact) mass is 314 g/mol. The molecule has 0 radical (unpaired) electrons. The molecule has 2 nitrogen and oxygen atoms in total. The number of benzene rings is 1. The fourth-order valence-corrected chi connectivity index (χ4v) is 2.82. The molecule has 1 atom stereocenters. The van der Waals surface area contributed by atoms with Crippen molar-refractivity contribution in [1.29, 1.82) is 0 Å². The standard InChI is InChI=1S/C14H20BrFN2/c1-4-11-8-17-14(2,3)9-18(11)13-7-10(15)5-6-12(13)16/h5-7,11,17H,4,8-9H2,1-3H3. The molecule has 0 spiro atoms. The molecule has 4 heteroatoms. The first-order valence-corrected chi connectivity index (χ1v) is 7.19. The zero-order valence-electron chi connectivity index (χ0n) is 11.1. The molecule has 1 saturated heterocycles. The Bertz CT molecular complexity index is 434. The molecule has 0 aliphatic carbocycles. The normalized spacial score (nSPS) is 23.2. The Balaban J connectivity index is 2.35. The lowest BCUT2D eigenvalue weighted by Gasteiger charge is -2.45. The number of nitrogens with zero attached hydrogens (tertiary/aromatic N) is 1. The molecule has 0 bridgehead atoms. The summed E-state index contributed by atoms with van der Waals surface area (Å²) in [6.07, 6.45) is 1.01. The van der Waals surface area contributed by atoms with Crippen LogP contribution < -0.4 is 10.2 Å². The van der Waals surface area contributed by atoms with Crippen LogP contribution in [-0.2, 0) is 0 Å². The topological polar surface area (TPSA) is 15.3 Å². The van der Waals surface area contributed by atoms with Crippen LogP contribution in [-0.4, -0.2) is 24.7 Å². The molecule has 0 amide bonds. The summed E-state index contributed by atoms with van der Waals surface area (Å²) >= 11 is 3.42. The average Bonchev–Trinajstić information content (AvgIpc) is 2.31. The van der Waals surface area contributed by atoms with E-state index in [1.54, 1.807) is 6.07 Å². The zero-order chi connectivity index (χ0) is 13.3. The molecule has 0 aromatic heterocycles. The maximum atomic E-state index is 14.0. The average molecular weight is 315 g/mol. The summed E-state index contributed by atoms with van der Waals surface area (Å²) in [5.74, 6) is -0.144. The fourth-order valence-electron chi connectivity index (χ4n) is 2.47. The van der Waals surface area contributed by atoms with Gasteiger partial charge in [0.25, 0.3) is 0 Å². The van der Waals surface area contributed by atoms with Gasteiger partial charge in [-0.25, -0.2) is 4.39 Å². The van der Waals surface area contributed by atoms with E-state index in [9.17, 15) is 4.39 Å². The Hall–Kier alpha value is -0.610. The van der Waals surface area contributed by atoms with Crippen molar-refractivity contribution in [1.82, 2.24) is 5.32 Å². The van der Waals surface area contributed by atoms with Crippen molar-refractivity contribution in [2.75, 3.05) is 18.0 Å². The van der Waals surface area contributed by atoms with Crippen molar-refractivity contribution < 1.29 is 4.39 Å². The molecule has 1 aromatic carbocycles. The Labute approximate surface area is 117 Å². The van der Waals surface area contributed by atoms with E-state index < -0.39 is 0 Å². The summed E-state index contributed by atoms with van der Waals surface area (Å²) in [5, 5.41) is 3.52. The number of anilines is 1. The van der Waals surface area contributed by atoms with Crippen LogP contribution in [0, 0.1) is 5.82 Å². The second-order valence-corrected chi connectivity index (χ2v) is 6.47. The number of rotatable bonds is 2. The van der Waals surface area contributed by atoms with Gasteiger partial charge in [-0.05, 0) is 38.5 Å². The molecule has 1 fully saturated rings. The second kappa shape index (κ2) is 5.17. The first-order chi connectivity index (χ1) is 8.43. The molecule has 1 aromatic rings. The smallest absolute Gasteiger partial charge is 0.146 e. The predicted octanol–water partition coefficient (Wildman–Crippen LogP) is 3.56. The van der Waals surface area contributed by atoms with Crippen LogP contribution in [0.25, 0.3) is 0 Å². The fraction of sp³-hybridized carbons (Fsp3) is 0.571. The van der Waals surface area contributed by atoms with Gasteiger partial charge in [0.15, 0.2) is 0 Å². The van der Waals surface area contributed by atoms with Crippen molar-refractivity contribution in [2.45, 2.75) is 38.8 Å².